The van der Waals surface area contributed by atoms with Gasteiger partial charge in [-0.05, 0) is 166 Å². The number of aliphatic hydroxyl groups excluding tert-OH is 1. The molecular weight excluding hydrogens is 1630 g/mol. The minimum atomic E-state index is -2.73. The number of aliphatic hydroxyl groups is 1. The molecule has 8 aromatic rings. The smallest absolute Gasteiger partial charge is 1.00 e. The molecule has 0 radical (unpaired) electrons. The number of piperazine rings is 2. The molecule has 0 unspecified atom stereocenters. The third-order valence-electron chi connectivity index (χ3n) is 19.1. The van der Waals surface area contributed by atoms with Gasteiger partial charge in [0.2, 0.25) is 11.9 Å². The Morgan fingerprint density at radius 3 is 1.27 bits per heavy atom. The molecule has 12 rings (SSSR count). The van der Waals surface area contributed by atoms with Crippen molar-refractivity contribution < 1.29 is 143 Å². The fourth-order valence-corrected chi connectivity index (χ4v) is 16.5. The van der Waals surface area contributed by atoms with Crippen molar-refractivity contribution in [2.24, 2.45) is 0 Å². The van der Waals surface area contributed by atoms with Crippen LogP contribution in [0.1, 0.15) is 49.6 Å². The minimum Gasteiger partial charge on any atom is -1.00 e. The van der Waals surface area contributed by atoms with Crippen molar-refractivity contribution in [3.05, 3.63) is 129 Å². The van der Waals surface area contributed by atoms with Gasteiger partial charge in [-0.25, -0.2) is 19.9 Å². The van der Waals surface area contributed by atoms with Crippen molar-refractivity contribution in [2.45, 2.75) is 71.3 Å². The average molecular weight is 1730 g/mol. The molecule has 4 aliphatic heterocycles. The largest absolute Gasteiger partial charge is 1.00 e. The summed E-state index contributed by atoms with van der Waals surface area (Å²) in [5.74, 6) is 9.16. The van der Waals surface area contributed by atoms with E-state index in [2.05, 4.69) is 194 Å². The van der Waals surface area contributed by atoms with E-state index in [4.69, 9.17) is 41.0 Å². The Bertz CT molecular complexity index is 4620. The molecule has 0 saturated carbocycles. The Balaban J connectivity index is 0.000000316. The standard InChI is InChI=1S/C39H51BrN9O2PSi.C36H43BrN9O2P.CH2O3.CH4O.2K.H/c1-27-21-35(49-14-11-30(12-15-49)48-18-16-47(2)17-19-48)36(51-3)23-33(27)45-39-43-25-31(40)38(46-39)44-32-10-9-28(22-37(32)52(4,5)50)34-26-41-29(24-42-34)13-20-53(6,7)8;1-7-26-21-39-31(23-38-26)25-8-9-29(34(19-25)49(5,6)47)41-35-28(37)22-40-36(43-35)42-30-20-33(48-4)32(18-24(30)2)46-12-10-27(11-13-46)45-16-14-44(3)15-17-45;2-1-4-3;1-2;;;/h9-10,21-26,30H,11-12,14-19H2,1-8H3,(H2,43,44,45,46);1,8-9,18-23,27H,10-17H2,2-6H3,(H2,40,41,42,43);1,3H;2H,1H3;;;/q;;;;2*+1;-1/p-1. The van der Waals surface area contributed by atoms with Gasteiger partial charge in [0, 0.05) is 155 Å². The Morgan fingerprint density at radius 1 is 0.564 bits per heavy atom. The summed E-state index contributed by atoms with van der Waals surface area (Å²) in [5, 5.41) is 30.4. The van der Waals surface area contributed by atoms with Crippen LogP contribution >= 0.6 is 46.1 Å². The van der Waals surface area contributed by atoms with Gasteiger partial charge in [-0.2, -0.15) is 9.97 Å². The number of anilines is 10. The number of carbonyl (C=O) groups is 1. The van der Waals surface area contributed by atoms with Crippen molar-refractivity contribution >= 4 is 129 Å². The number of rotatable bonds is 19. The second-order valence-corrected chi connectivity index (χ2v) is 41.5. The quantitative estimate of drug-likeness (QED) is 0.0171. The second-order valence-electron chi connectivity index (χ2n) is 28.6. The number of nitrogens with zero attached hydrogens (tertiary/aromatic N) is 14. The van der Waals surface area contributed by atoms with Crippen molar-refractivity contribution in [1.82, 2.24) is 59.5 Å². The van der Waals surface area contributed by atoms with Gasteiger partial charge in [0.1, 0.15) is 56.9 Å². The molecule has 0 spiro atoms. The SMILES string of the molecule is C#Cc1cnc(-c2ccc(Nc3nc(Nc4cc(OC)c(N5CCC(N6CCN(C)CC6)CC5)cc4C)ncc3Br)c(P(C)(C)=O)c2)cn1.CO.COc1cc(Nc2ncc(Br)c(Nc3ccc(-c4cnc(C#C[Si](C)(C)C)cn4)cc3P(C)(C)=O)n2)c(C)cc1N1CCC(N2CCN(C)CC2)CC1.O=CO[O-].[H-].[K+].[K+]. The summed E-state index contributed by atoms with van der Waals surface area (Å²) in [7, 11) is 1.88. The van der Waals surface area contributed by atoms with Crippen LogP contribution in [-0.4, -0.2) is 232 Å². The second kappa shape index (κ2) is 43.0. The van der Waals surface area contributed by atoms with Gasteiger partial charge in [0.25, 0.3) is 6.47 Å². The Labute approximate surface area is 752 Å². The molecule has 0 aliphatic carbocycles. The number of terminal acetylenes is 1. The molecule has 576 valence electrons. The number of hydrogen-bond donors (Lipinski definition) is 5. The van der Waals surface area contributed by atoms with E-state index in [1.807, 2.05) is 48.5 Å². The zero-order chi connectivity index (χ0) is 78.0. The van der Waals surface area contributed by atoms with Gasteiger partial charge in [-0.3, -0.25) is 24.6 Å². The number of aryl methyl sites for hydroxylation is 2. The molecule has 5 N–H and O–H groups in total. The number of likely N-dealkylation sites (N-methyl/N-ethyl adjacent to an activating group) is 2. The molecule has 26 nitrogen and oxygen atoms in total. The van der Waals surface area contributed by atoms with Crippen molar-refractivity contribution in [3.8, 4) is 57.8 Å². The molecule has 0 amide bonds. The van der Waals surface area contributed by atoms with Gasteiger partial charge >= 0.3 is 103 Å². The predicted molar refractivity (Wildman–Crippen MR) is 444 cm³/mol. The van der Waals surface area contributed by atoms with Gasteiger partial charge in [0.15, 0.2) is 0 Å². The zero-order valence-electron chi connectivity index (χ0n) is 67.1. The van der Waals surface area contributed by atoms with Crippen LogP contribution in [0.4, 0.5) is 57.7 Å². The molecule has 4 aromatic heterocycles. The number of methoxy groups -OCH3 is 2. The molecule has 4 aromatic carbocycles. The summed E-state index contributed by atoms with van der Waals surface area (Å²) in [6.45, 7) is 30.8. The van der Waals surface area contributed by atoms with Crippen molar-refractivity contribution in [2.75, 3.05) is 172 Å². The molecule has 33 heteroatoms. The van der Waals surface area contributed by atoms with Gasteiger partial charge < -0.3 is 76.1 Å². The zero-order valence-corrected chi connectivity index (χ0v) is 78.3. The van der Waals surface area contributed by atoms with Gasteiger partial charge in [-0.15, -0.1) is 12.0 Å². The number of nitrogens with one attached hydrogen (secondary N) is 4. The maximum Gasteiger partial charge on any atom is 1.00 e. The molecule has 0 bridgehead atoms. The number of hydrogen-bond acceptors (Lipinski definition) is 26. The van der Waals surface area contributed by atoms with Crippen LogP contribution in [0.3, 0.4) is 0 Å². The van der Waals surface area contributed by atoms with E-state index in [9.17, 15) is 9.13 Å². The maximum atomic E-state index is 13.6. The first kappa shape index (κ1) is 92.0. The summed E-state index contributed by atoms with van der Waals surface area (Å²) in [6, 6.07) is 21.2. The Morgan fingerprint density at radius 2 is 0.945 bits per heavy atom. The van der Waals surface area contributed by atoms with E-state index >= 15 is 0 Å². The van der Waals surface area contributed by atoms with E-state index in [0.717, 1.165) is 168 Å². The van der Waals surface area contributed by atoms with Crippen LogP contribution in [0.15, 0.2) is 107 Å². The fraction of sp³-hybridized carbons (Fsp3) is 0.416. The number of aromatic nitrogens is 8. The minimum absolute atomic E-state index is 0. The third-order valence-corrected chi connectivity index (χ3v) is 24.2. The van der Waals surface area contributed by atoms with Crippen LogP contribution in [0.25, 0.3) is 22.5 Å². The van der Waals surface area contributed by atoms with Crippen LogP contribution in [0.2, 0.25) is 19.6 Å². The number of carbonyl (C=O) groups excluding carboxylic acids is 1. The molecular formula is C77H100Br2K2N18O8P2Si. The molecule has 4 aliphatic rings. The summed E-state index contributed by atoms with van der Waals surface area (Å²) in [4.78, 5) is 62.8. The number of benzene rings is 4. The molecule has 4 fully saturated rings. The normalized spacial score (nSPS) is 15.3. The number of ether oxygens (including phenoxy) is 2. The van der Waals surface area contributed by atoms with E-state index in [0.29, 0.717) is 89.3 Å². The fourth-order valence-electron chi connectivity index (χ4n) is 13.1. The summed E-state index contributed by atoms with van der Waals surface area (Å²) in [6.07, 6.45) is 20.0. The van der Waals surface area contributed by atoms with Crippen LogP contribution in [-0.2, 0) is 18.8 Å². The molecule has 8 heterocycles. The van der Waals surface area contributed by atoms with Crippen LogP contribution in [0.5, 0.6) is 11.5 Å². The van der Waals surface area contributed by atoms with Crippen molar-refractivity contribution in [3.63, 3.8) is 0 Å². The first-order chi connectivity index (χ1) is 51.6. The first-order valence-electron chi connectivity index (χ1n) is 35.7. The van der Waals surface area contributed by atoms with Gasteiger partial charge in [-0.1, -0.05) is 37.7 Å². The maximum absolute atomic E-state index is 13.6. The first-order valence-corrected chi connectivity index (χ1v) is 46.0. The Hall–Kier alpha value is -5.14. The molecule has 0 atom stereocenters. The van der Waals surface area contributed by atoms with E-state index in [1.165, 1.54) is 0 Å². The van der Waals surface area contributed by atoms with E-state index < -0.39 is 22.4 Å². The monoisotopic (exact) mass is 1730 g/mol. The van der Waals surface area contributed by atoms with E-state index in [-0.39, 0.29) is 111 Å². The molecule has 110 heavy (non-hydrogen) atoms. The summed E-state index contributed by atoms with van der Waals surface area (Å²) >= 11 is 7.20. The summed E-state index contributed by atoms with van der Waals surface area (Å²) < 4.78 is 40.2. The average Bonchev–Trinajstić information content (AvgIpc) is 0.799. The predicted octanol–water partition coefficient (Wildman–Crippen LogP) is 5.30. The number of halogens is 2. The van der Waals surface area contributed by atoms with Gasteiger partial charge in [0.05, 0.1) is 82.1 Å². The van der Waals surface area contributed by atoms with Crippen molar-refractivity contribution in [1.29, 1.82) is 0 Å². The van der Waals surface area contributed by atoms with Crippen LogP contribution in [0, 0.1) is 37.7 Å². The van der Waals surface area contributed by atoms with Crippen LogP contribution < -0.4 is 159 Å². The number of piperidine rings is 2. The molecule has 4 saturated heterocycles. The Kier molecular flexibility index (Phi) is 36.0. The van der Waals surface area contributed by atoms with E-state index in [1.54, 1.807) is 78.1 Å². The topological polar surface area (TPSA) is 293 Å². The summed E-state index contributed by atoms with van der Waals surface area (Å²) in [5.41, 5.74) is 14.8. The third kappa shape index (κ3) is 25.7.